The standard InChI is InChI=1S/C26H24N2O3S/c1-32(29,30)28(20-23-8-5-17-27-19-23)24-11-15-26(16-12-24)31-25-13-9-22(10-14-25)18-21-6-3-2-4-7-21/h2-17,19H,18,20H2,1H3. The number of sulfonamides is 1. The van der Waals surface area contributed by atoms with E-state index in [4.69, 9.17) is 4.74 Å². The highest BCUT2D eigenvalue weighted by Gasteiger charge is 2.18. The van der Waals surface area contributed by atoms with E-state index in [2.05, 4.69) is 29.2 Å². The maximum Gasteiger partial charge on any atom is 0.232 e. The Kier molecular flexibility index (Phi) is 6.52. The highest BCUT2D eigenvalue weighted by molar-refractivity contribution is 7.92. The smallest absolute Gasteiger partial charge is 0.232 e. The van der Waals surface area contributed by atoms with Crippen LogP contribution < -0.4 is 9.04 Å². The molecule has 1 aromatic heterocycles. The summed E-state index contributed by atoms with van der Waals surface area (Å²) >= 11 is 0. The van der Waals surface area contributed by atoms with Crippen LogP contribution >= 0.6 is 0 Å². The molecule has 0 aliphatic rings. The Morgan fingerprint density at radius 1 is 0.750 bits per heavy atom. The molecule has 162 valence electrons. The van der Waals surface area contributed by atoms with Crippen molar-refractivity contribution in [3.63, 3.8) is 0 Å². The van der Waals surface area contributed by atoms with Gasteiger partial charge in [-0.2, -0.15) is 0 Å². The lowest BCUT2D eigenvalue weighted by Crippen LogP contribution is -2.29. The van der Waals surface area contributed by atoms with Crippen molar-refractivity contribution in [1.82, 2.24) is 4.98 Å². The van der Waals surface area contributed by atoms with Crippen molar-refractivity contribution in [3.05, 3.63) is 120 Å². The third-order valence-corrected chi connectivity index (χ3v) is 6.12. The number of aromatic nitrogens is 1. The summed E-state index contributed by atoms with van der Waals surface area (Å²) in [5, 5.41) is 0. The van der Waals surface area contributed by atoms with E-state index in [0.29, 0.717) is 11.4 Å². The fourth-order valence-electron chi connectivity index (χ4n) is 3.38. The summed E-state index contributed by atoms with van der Waals surface area (Å²) in [5.74, 6) is 1.37. The molecule has 4 aromatic rings. The number of hydrogen-bond acceptors (Lipinski definition) is 4. The van der Waals surface area contributed by atoms with Gasteiger partial charge in [-0.25, -0.2) is 8.42 Å². The number of anilines is 1. The molecule has 0 aliphatic carbocycles. The van der Waals surface area contributed by atoms with Crippen LogP contribution in [0.2, 0.25) is 0 Å². The van der Waals surface area contributed by atoms with Gasteiger partial charge in [0.15, 0.2) is 0 Å². The summed E-state index contributed by atoms with van der Waals surface area (Å²) in [4.78, 5) is 4.06. The Morgan fingerprint density at radius 3 is 1.94 bits per heavy atom. The van der Waals surface area contributed by atoms with Crippen molar-refractivity contribution in [2.75, 3.05) is 10.6 Å². The molecule has 32 heavy (non-hydrogen) atoms. The Morgan fingerprint density at radius 2 is 1.34 bits per heavy atom. The Hall–Kier alpha value is -3.64. The molecule has 0 amide bonds. The zero-order chi connectivity index (χ0) is 22.4. The van der Waals surface area contributed by atoms with Crippen LogP contribution in [0.3, 0.4) is 0 Å². The van der Waals surface area contributed by atoms with E-state index in [-0.39, 0.29) is 6.54 Å². The minimum absolute atomic E-state index is 0.218. The molecule has 4 rings (SSSR count). The molecule has 1 heterocycles. The average Bonchev–Trinajstić information content (AvgIpc) is 2.80. The molecule has 6 heteroatoms. The fourth-order valence-corrected chi connectivity index (χ4v) is 4.27. The largest absolute Gasteiger partial charge is 0.457 e. The van der Waals surface area contributed by atoms with E-state index >= 15 is 0 Å². The zero-order valence-corrected chi connectivity index (χ0v) is 18.6. The third-order valence-electron chi connectivity index (χ3n) is 4.98. The molecule has 0 saturated heterocycles. The maximum atomic E-state index is 12.3. The van der Waals surface area contributed by atoms with Crippen LogP contribution in [-0.2, 0) is 23.0 Å². The van der Waals surface area contributed by atoms with E-state index in [1.807, 2.05) is 36.4 Å². The summed E-state index contributed by atoms with van der Waals surface area (Å²) in [6, 6.07) is 29.0. The molecule has 0 radical (unpaired) electrons. The summed E-state index contributed by atoms with van der Waals surface area (Å²) in [7, 11) is -3.45. The first kappa shape index (κ1) is 21.6. The van der Waals surface area contributed by atoms with Crippen molar-refractivity contribution < 1.29 is 13.2 Å². The first-order valence-electron chi connectivity index (χ1n) is 10.2. The molecule has 0 bridgehead atoms. The van der Waals surface area contributed by atoms with E-state index in [1.165, 1.54) is 21.7 Å². The number of nitrogens with zero attached hydrogens (tertiary/aromatic N) is 2. The third kappa shape index (κ3) is 5.74. The molecular formula is C26H24N2O3S. The van der Waals surface area contributed by atoms with Crippen LogP contribution in [0.4, 0.5) is 5.69 Å². The zero-order valence-electron chi connectivity index (χ0n) is 17.8. The van der Waals surface area contributed by atoms with Gasteiger partial charge in [-0.1, -0.05) is 48.5 Å². The van der Waals surface area contributed by atoms with Gasteiger partial charge >= 0.3 is 0 Å². The van der Waals surface area contributed by atoms with Gasteiger partial charge in [-0.3, -0.25) is 9.29 Å². The van der Waals surface area contributed by atoms with Gasteiger partial charge in [0.2, 0.25) is 10.0 Å². The lowest BCUT2D eigenvalue weighted by Gasteiger charge is -2.22. The monoisotopic (exact) mass is 444 g/mol. The highest BCUT2D eigenvalue weighted by Crippen LogP contribution is 2.27. The number of rotatable bonds is 8. The molecular weight excluding hydrogens is 420 g/mol. The maximum absolute atomic E-state index is 12.3. The minimum atomic E-state index is -3.45. The predicted octanol–water partition coefficient (Wildman–Crippen LogP) is 5.43. The molecule has 3 aromatic carbocycles. The number of hydrogen-bond donors (Lipinski definition) is 0. The van der Waals surface area contributed by atoms with Crippen molar-refractivity contribution in [2.24, 2.45) is 0 Å². The first-order chi connectivity index (χ1) is 15.5. The normalized spacial score (nSPS) is 11.2. The second kappa shape index (κ2) is 9.66. The number of pyridine rings is 1. The van der Waals surface area contributed by atoms with Crippen LogP contribution in [-0.4, -0.2) is 19.7 Å². The topological polar surface area (TPSA) is 59.5 Å². The van der Waals surface area contributed by atoms with Gasteiger partial charge in [-0.15, -0.1) is 0 Å². The molecule has 0 atom stereocenters. The first-order valence-corrected chi connectivity index (χ1v) is 12.1. The van der Waals surface area contributed by atoms with E-state index in [9.17, 15) is 8.42 Å². The van der Waals surface area contributed by atoms with Gasteiger partial charge in [0.1, 0.15) is 11.5 Å². The summed E-state index contributed by atoms with van der Waals surface area (Å²) in [5.41, 5.74) is 3.85. The summed E-state index contributed by atoms with van der Waals surface area (Å²) in [6.07, 6.45) is 5.39. The Balaban J connectivity index is 1.44. The second-order valence-electron chi connectivity index (χ2n) is 7.53. The number of ether oxygens (including phenoxy) is 1. The molecule has 0 unspecified atom stereocenters. The Labute approximate surface area is 189 Å². The van der Waals surface area contributed by atoms with Gasteiger partial charge in [0, 0.05) is 12.4 Å². The van der Waals surface area contributed by atoms with Gasteiger partial charge in [0.05, 0.1) is 18.5 Å². The van der Waals surface area contributed by atoms with E-state index in [0.717, 1.165) is 17.7 Å². The molecule has 0 N–H and O–H groups in total. The molecule has 5 nitrogen and oxygen atoms in total. The second-order valence-corrected chi connectivity index (χ2v) is 9.44. The lowest BCUT2D eigenvalue weighted by molar-refractivity contribution is 0.482. The number of benzene rings is 3. The van der Waals surface area contributed by atoms with Crippen LogP contribution in [0.15, 0.2) is 103 Å². The van der Waals surface area contributed by atoms with Gasteiger partial charge in [-0.05, 0) is 65.6 Å². The summed E-state index contributed by atoms with van der Waals surface area (Å²) < 4.78 is 32.0. The van der Waals surface area contributed by atoms with E-state index in [1.54, 1.807) is 42.7 Å². The lowest BCUT2D eigenvalue weighted by atomic mass is 10.1. The van der Waals surface area contributed by atoms with Crippen LogP contribution in [0.1, 0.15) is 16.7 Å². The quantitative estimate of drug-likeness (QED) is 0.364. The van der Waals surface area contributed by atoms with Crippen molar-refractivity contribution in [3.8, 4) is 11.5 Å². The Bertz CT molecular complexity index is 1240. The fraction of sp³-hybridized carbons (Fsp3) is 0.115. The molecule has 0 spiro atoms. The van der Waals surface area contributed by atoms with Gasteiger partial charge < -0.3 is 4.74 Å². The molecule has 0 fully saturated rings. The van der Waals surface area contributed by atoms with Crippen molar-refractivity contribution in [2.45, 2.75) is 13.0 Å². The molecule has 0 aliphatic heterocycles. The van der Waals surface area contributed by atoms with Crippen molar-refractivity contribution >= 4 is 15.7 Å². The van der Waals surface area contributed by atoms with Crippen LogP contribution in [0, 0.1) is 0 Å². The van der Waals surface area contributed by atoms with Crippen LogP contribution in [0.5, 0.6) is 11.5 Å². The SMILES string of the molecule is CS(=O)(=O)N(Cc1cccnc1)c1ccc(Oc2ccc(Cc3ccccc3)cc2)cc1. The molecule has 0 saturated carbocycles. The average molecular weight is 445 g/mol. The highest BCUT2D eigenvalue weighted by atomic mass is 32.2. The van der Waals surface area contributed by atoms with E-state index < -0.39 is 10.0 Å². The minimum Gasteiger partial charge on any atom is -0.457 e. The van der Waals surface area contributed by atoms with Gasteiger partial charge in [0.25, 0.3) is 0 Å². The summed E-state index contributed by atoms with van der Waals surface area (Å²) in [6.45, 7) is 0.218. The van der Waals surface area contributed by atoms with Crippen molar-refractivity contribution in [1.29, 1.82) is 0 Å². The predicted molar refractivity (Wildman–Crippen MR) is 127 cm³/mol. The van der Waals surface area contributed by atoms with Crippen LogP contribution in [0.25, 0.3) is 0 Å².